The van der Waals surface area contributed by atoms with Crippen molar-refractivity contribution < 1.29 is 57.1 Å². The summed E-state index contributed by atoms with van der Waals surface area (Å²) in [5.41, 5.74) is -2.15. The maximum atomic E-state index is 10.7. The van der Waals surface area contributed by atoms with Crippen LogP contribution in [0.3, 0.4) is 0 Å². The summed E-state index contributed by atoms with van der Waals surface area (Å²) in [5, 5.41) is 9.39. The zero-order chi connectivity index (χ0) is 14.5. The molecule has 0 aliphatic rings. The molecule has 0 saturated heterocycles. The second kappa shape index (κ2) is 8.86. The van der Waals surface area contributed by atoms with Crippen LogP contribution in [0.1, 0.15) is 30.8 Å². The van der Waals surface area contributed by atoms with Crippen molar-refractivity contribution in [2.24, 2.45) is 0 Å². The van der Waals surface area contributed by atoms with E-state index in [9.17, 15) is 18.1 Å². The Morgan fingerprint density at radius 3 is 2.50 bits per heavy atom. The SMILES string of the molecule is CCCCOc1ccc(C(O)S(=O)(=O)[O-])cc1OC.[Na+]. The molecule has 1 N–H and O–H groups in total. The van der Waals surface area contributed by atoms with Crippen LogP contribution >= 0.6 is 0 Å². The van der Waals surface area contributed by atoms with Crippen molar-refractivity contribution in [2.75, 3.05) is 13.7 Å². The molecule has 1 unspecified atom stereocenters. The van der Waals surface area contributed by atoms with Gasteiger partial charge in [-0.2, -0.15) is 0 Å². The molecule has 1 rings (SSSR count). The van der Waals surface area contributed by atoms with Gasteiger partial charge in [0, 0.05) is 0 Å². The summed E-state index contributed by atoms with van der Waals surface area (Å²) in [6, 6.07) is 4.07. The number of methoxy groups -OCH3 is 1. The van der Waals surface area contributed by atoms with Gasteiger partial charge >= 0.3 is 29.6 Å². The molecule has 0 aromatic heterocycles. The van der Waals surface area contributed by atoms with Crippen molar-refractivity contribution in [1.29, 1.82) is 0 Å². The molecule has 20 heavy (non-hydrogen) atoms. The standard InChI is InChI=1S/C12H18O6S.Na/c1-3-4-7-18-10-6-5-9(8-11(10)17-2)12(13)19(14,15)16;/h5-6,8,12-13H,3-4,7H2,1-2H3,(H,14,15,16);/q;+1/p-1. The molecule has 1 aromatic carbocycles. The Labute approximate surface area is 141 Å². The number of rotatable bonds is 7. The minimum atomic E-state index is -4.81. The minimum absolute atomic E-state index is 0. The molecule has 0 radical (unpaired) electrons. The van der Waals surface area contributed by atoms with E-state index in [1.165, 1.54) is 25.3 Å². The molecule has 8 heteroatoms. The van der Waals surface area contributed by atoms with E-state index in [1.54, 1.807) is 0 Å². The number of unbranched alkanes of at least 4 members (excludes halogenated alkanes) is 1. The maximum Gasteiger partial charge on any atom is 1.00 e. The first-order valence-corrected chi connectivity index (χ1v) is 7.30. The largest absolute Gasteiger partial charge is 1.00 e. The minimum Gasteiger partial charge on any atom is -0.746 e. The molecule has 1 atom stereocenters. The fourth-order valence-electron chi connectivity index (χ4n) is 1.45. The third kappa shape index (κ3) is 5.59. The van der Waals surface area contributed by atoms with Crippen molar-refractivity contribution in [2.45, 2.75) is 25.2 Å². The smallest absolute Gasteiger partial charge is 0.746 e. The molecule has 1 aromatic rings. The summed E-state index contributed by atoms with van der Waals surface area (Å²) >= 11 is 0. The van der Waals surface area contributed by atoms with E-state index >= 15 is 0 Å². The number of aliphatic hydroxyl groups is 1. The van der Waals surface area contributed by atoms with Crippen molar-refractivity contribution in [1.82, 2.24) is 0 Å². The van der Waals surface area contributed by atoms with Crippen molar-refractivity contribution in [3.8, 4) is 11.5 Å². The van der Waals surface area contributed by atoms with Gasteiger partial charge in [0.2, 0.25) is 0 Å². The van der Waals surface area contributed by atoms with Crippen LogP contribution in [-0.4, -0.2) is 31.8 Å². The fraction of sp³-hybridized carbons (Fsp3) is 0.500. The Bertz CT molecular complexity index is 517. The Morgan fingerprint density at radius 2 is 2.00 bits per heavy atom. The van der Waals surface area contributed by atoms with Gasteiger partial charge in [-0.05, 0) is 24.1 Å². The van der Waals surface area contributed by atoms with Gasteiger partial charge in [-0.25, -0.2) is 8.42 Å². The fourth-order valence-corrected chi connectivity index (χ4v) is 1.93. The van der Waals surface area contributed by atoms with Crippen LogP contribution in [0.2, 0.25) is 0 Å². The van der Waals surface area contributed by atoms with Gasteiger partial charge in [-0.3, -0.25) is 0 Å². The van der Waals surface area contributed by atoms with Crippen molar-refractivity contribution >= 4 is 10.1 Å². The molecule has 0 aliphatic heterocycles. The molecular weight excluding hydrogens is 295 g/mol. The van der Waals surface area contributed by atoms with Crippen LogP contribution in [0, 0.1) is 0 Å². The Balaban J connectivity index is 0.00000361. The van der Waals surface area contributed by atoms with Gasteiger partial charge in [-0.1, -0.05) is 19.4 Å². The summed E-state index contributed by atoms with van der Waals surface area (Å²) in [7, 11) is -3.41. The molecule has 0 amide bonds. The predicted molar refractivity (Wildman–Crippen MR) is 68.1 cm³/mol. The second-order valence-electron chi connectivity index (χ2n) is 3.96. The molecule has 6 nitrogen and oxygen atoms in total. The first-order chi connectivity index (χ1) is 8.90. The number of ether oxygens (including phenoxy) is 2. The molecule has 0 heterocycles. The summed E-state index contributed by atoms with van der Waals surface area (Å²) in [5.74, 6) is 0.714. The molecule has 108 valence electrons. The van der Waals surface area contributed by atoms with Crippen molar-refractivity contribution in [3.05, 3.63) is 23.8 Å². The van der Waals surface area contributed by atoms with Crippen LogP contribution in [0.15, 0.2) is 18.2 Å². The zero-order valence-electron chi connectivity index (χ0n) is 11.8. The molecule has 0 aliphatic carbocycles. The number of hydrogen-bond donors (Lipinski definition) is 1. The number of hydrogen-bond acceptors (Lipinski definition) is 6. The predicted octanol–water partition coefficient (Wildman–Crippen LogP) is -1.59. The monoisotopic (exact) mass is 312 g/mol. The van der Waals surface area contributed by atoms with Crippen LogP contribution in [0.5, 0.6) is 11.5 Å². The molecule has 0 fully saturated rings. The van der Waals surface area contributed by atoms with E-state index < -0.39 is 15.6 Å². The zero-order valence-corrected chi connectivity index (χ0v) is 14.6. The van der Waals surface area contributed by atoms with Gasteiger partial charge in [0.25, 0.3) is 0 Å². The Kier molecular flexibility index (Phi) is 8.72. The second-order valence-corrected chi connectivity index (χ2v) is 5.39. The van der Waals surface area contributed by atoms with Crippen LogP contribution < -0.4 is 39.0 Å². The quantitative estimate of drug-likeness (QED) is 0.371. The van der Waals surface area contributed by atoms with E-state index in [0.29, 0.717) is 12.4 Å². The first-order valence-electron chi connectivity index (χ1n) is 5.83. The Hall–Kier alpha value is -0.310. The van der Waals surface area contributed by atoms with Gasteiger partial charge < -0.3 is 19.1 Å². The van der Waals surface area contributed by atoms with Crippen LogP contribution in [-0.2, 0) is 10.1 Å². The average molecular weight is 312 g/mol. The Morgan fingerprint density at radius 1 is 1.35 bits per heavy atom. The van der Waals surface area contributed by atoms with Gasteiger partial charge in [0.15, 0.2) is 16.9 Å². The van der Waals surface area contributed by atoms with Gasteiger partial charge in [0.05, 0.1) is 13.7 Å². The van der Waals surface area contributed by atoms with Gasteiger partial charge in [-0.15, -0.1) is 0 Å². The normalized spacial score (nSPS) is 12.4. The third-order valence-corrected chi connectivity index (χ3v) is 3.32. The summed E-state index contributed by atoms with van der Waals surface area (Å²) in [6.07, 6.45) is 1.86. The molecule has 0 saturated carbocycles. The summed E-state index contributed by atoms with van der Waals surface area (Å²) in [4.78, 5) is 0. The topological polar surface area (TPSA) is 95.9 Å². The van der Waals surface area contributed by atoms with E-state index in [1.807, 2.05) is 6.92 Å². The van der Waals surface area contributed by atoms with E-state index in [4.69, 9.17) is 9.47 Å². The number of aliphatic hydroxyl groups excluding tert-OH is 1. The molecule has 0 bridgehead atoms. The summed E-state index contributed by atoms with van der Waals surface area (Å²) in [6.45, 7) is 2.54. The van der Waals surface area contributed by atoms with Crippen LogP contribution in [0.25, 0.3) is 0 Å². The first kappa shape index (κ1) is 19.7. The van der Waals surface area contributed by atoms with E-state index in [-0.39, 0.29) is 40.9 Å². The average Bonchev–Trinajstić information content (AvgIpc) is 2.37. The van der Waals surface area contributed by atoms with E-state index in [0.717, 1.165) is 12.8 Å². The van der Waals surface area contributed by atoms with Crippen LogP contribution in [0.4, 0.5) is 0 Å². The van der Waals surface area contributed by atoms with E-state index in [2.05, 4.69) is 0 Å². The third-order valence-electron chi connectivity index (χ3n) is 2.50. The van der Waals surface area contributed by atoms with Gasteiger partial charge in [0.1, 0.15) is 10.1 Å². The molecular formula is C12H17NaO6S. The maximum absolute atomic E-state index is 10.7. The molecule has 0 spiro atoms. The van der Waals surface area contributed by atoms with Crippen molar-refractivity contribution in [3.63, 3.8) is 0 Å². The number of benzene rings is 1. The summed E-state index contributed by atoms with van der Waals surface area (Å²) < 4.78 is 42.7.